The van der Waals surface area contributed by atoms with E-state index in [-0.39, 0.29) is 6.04 Å². The molecule has 116 valence electrons. The van der Waals surface area contributed by atoms with Gasteiger partial charge in [0, 0.05) is 23.7 Å². The highest BCUT2D eigenvalue weighted by Gasteiger charge is 2.31. The molecule has 24 heavy (non-hydrogen) atoms. The molecule has 6 heteroatoms. The highest BCUT2D eigenvalue weighted by Crippen LogP contribution is 2.36. The van der Waals surface area contributed by atoms with Gasteiger partial charge in [0.2, 0.25) is 5.95 Å². The van der Waals surface area contributed by atoms with Gasteiger partial charge in [-0.1, -0.05) is 18.2 Å². The average Bonchev–Trinajstić information content (AvgIpc) is 3.32. The summed E-state index contributed by atoms with van der Waals surface area (Å²) < 4.78 is 0. The largest absolute Gasteiger partial charge is 0.246 e. The van der Waals surface area contributed by atoms with Crippen LogP contribution < -0.4 is 5.01 Å². The molecule has 4 rings (SSSR count). The predicted octanol–water partition coefficient (Wildman–Crippen LogP) is 3.77. The van der Waals surface area contributed by atoms with Gasteiger partial charge in [-0.2, -0.15) is 10.4 Å². The van der Waals surface area contributed by atoms with Gasteiger partial charge >= 0.3 is 0 Å². The summed E-state index contributed by atoms with van der Waals surface area (Å²) in [7, 11) is 0. The van der Waals surface area contributed by atoms with E-state index in [2.05, 4.69) is 27.5 Å². The normalized spacial score (nSPS) is 16.7. The molecule has 3 heterocycles. The lowest BCUT2D eigenvalue weighted by atomic mass is 10.0. The number of benzene rings is 1. The van der Waals surface area contributed by atoms with E-state index >= 15 is 0 Å². The van der Waals surface area contributed by atoms with Gasteiger partial charge in [-0.05, 0) is 35.2 Å². The molecular weight excluding hydrogens is 318 g/mol. The smallest absolute Gasteiger partial charge is 0.223 e. The fourth-order valence-electron chi connectivity index (χ4n) is 2.72. The minimum atomic E-state index is 0.0954. The van der Waals surface area contributed by atoms with Crippen molar-refractivity contribution in [2.75, 3.05) is 5.01 Å². The molecule has 0 spiro atoms. The van der Waals surface area contributed by atoms with Crippen LogP contribution in [0.5, 0.6) is 0 Å². The molecule has 0 N–H and O–H groups in total. The summed E-state index contributed by atoms with van der Waals surface area (Å²) in [6.07, 6.45) is 4.23. The molecule has 0 radical (unpaired) electrons. The van der Waals surface area contributed by atoms with Gasteiger partial charge in [0.1, 0.15) is 0 Å². The number of aromatic nitrogens is 2. The van der Waals surface area contributed by atoms with Crippen LogP contribution in [0.2, 0.25) is 0 Å². The van der Waals surface area contributed by atoms with Gasteiger partial charge in [-0.3, -0.25) is 0 Å². The molecule has 0 saturated heterocycles. The first-order chi connectivity index (χ1) is 11.8. The van der Waals surface area contributed by atoms with Crippen molar-refractivity contribution in [1.82, 2.24) is 9.97 Å². The maximum absolute atomic E-state index is 8.95. The number of anilines is 1. The Labute approximate surface area is 143 Å². The lowest BCUT2D eigenvalue weighted by Crippen LogP contribution is -2.19. The Morgan fingerprint density at radius 2 is 1.88 bits per heavy atom. The molecule has 1 aromatic carbocycles. The van der Waals surface area contributed by atoms with Gasteiger partial charge < -0.3 is 0 Å². The van der Waals surface area contributed by atoms with Crippen molar-refractivity contribution in [3.63, 3.8) is 0 Å². The number of rotatable bonds is 3. The Hall–Kier alpha value is -3.04. The van der Waals surface area contributed by atoms with Crippen LogP contribution in [-0.4, -0.2) is 15.7 Å². The number of thiophene rings is 1. The molecule has 0 fully saturated rings. The molecule has 0 aliphatic carbocycles. The summed E-state index contributed by atoms with van der Waals surface area (Å²) in [4.78, 5) is 9.92. The Morgan fingerprint density at radius 1 is 1.08 bits per heavy atom. The Morgan fingerprint density at radius 3 is 2.54 bits per heavy atom. The van der Waals surface area contributed by atoms with Gasteiger partial charge in [0.25, 0.3) is 0 Å². The number of hydrazone groups is 1. The minimum Gasteiger partial charge on any atom is -0.223 e. The van der Waals surface area contributed by atoms with Crippen molar-refractivity contribution < 1.29 is 0 Å². The Bertz CT molecular complexity index is 895. The third kappa shape index (κ3) is 2.66. The van der Waals surface area contributed by atoms with Crippen molar-refractivity contribution in [1.29, 1.82) is 5.26 Å². The third-order valence-corrected chi connectivity index (χ3v) is 4.86. The molecular formula is C18H13N5S. The van der Waals surface area contributed by atoms with E-state index in [9.17, 15) is 0 Å². The van der Waals surface area contributed by atoms with Crippen molar-refractivity contribution in [3.05, 3.63) is 76.2 Å². The molecule has 0 unspecified atom stereocenters. The first-order valence-electron chi connectivity index (χ1n) is 7.53. The number of nitriles is 1. The maximum Gasteiger partial charge on any atom is 0.246 e. The lowest BCUT2D eigenvalue weighted by Gasteiger charge is -2.19. The van der Waals surface area contributed by atoms with Crippen LogP contribution >= 0.6 is 11.3 Å². The first-order valence-corrected chi connectivity index (χ1v) is 8.41. The third-order valence-electron chi connectivity index (χ3n) is 3.89. The molecule has 0 bridgehead atoms. The van der Waals surface area contributed by atoms with Crippen LogP contribution in [0, 0.1) is 11.3 Å². The second-order valence-electron chi connectivity index (χ2n) is 5.36. The van der Waals surface area contributed by atoms with Gasteiger partial charge in [-0.15, -0.1) is 11.3 Å². The van der Waals surface area contributed by atoms with Crippen molar-refractivity contribution >= 4 is 23.0 Å². The first kappa shape index (κ1) is 14.5. The summed E-state index contributed by atoms with van der Waals surface area (Å²) in [5.74, 6) is 0.597. The van der Waals surface area contributed by atoms with E-state index in [4.69, 9.17) is 10.4 Å². The SMILES string of the molecule is N#Cc1ccc(C2=NN(c3ncccn3)[C@@H](c3cccs3)C2)cc1. The van der Waals surface area contributed by atoms with Crippen LogP contribution in [0.25, 0.3) is 0 Å². The van der Waals surface area contributed by atoms with Gasteiger partial charge in [0.05, 0.1) is 23.4 Å². The highest BCUT2D eigenvalue weighted by atomic mass is 32.1. The Kier molecular flexibility index (Phi) is 3.77. The van der Waals surface area contributed by atoms with Crippen molar-refractivity contribution in [2.45, 2.75) is 12.5 Å². The lowest BCUT2D eigenvalue weighted by molar-refractivity contribution is 0.698. The van der Waals surface area contributed by atoms with Crippen molar-refractivity contribution in [2.24, 2.45) is 5.10 Å². The minimum absolute atomic E-state index is 0.0954. The quantitative estimate of drug-likeness (QED) is 0.733. The molecule has 1 atom stereocenters. The molecule has 1 aliphatic heterocycles. The van der Waals surface area contributed by atoms with Gasteiger partial charge in [-0.25, -0.2) is 15.0 Å². The topological polar surface area (TPSA) is 65.2 Å². The summed E-state index contributed by atoms with van der Waals surface area (Å²) >= 11 is 1.71. The monoisotopic (exact) mass is 331 g/mol. The molecule has 0 amide bonds. The standard InChI is InChI=1S/C18H13N5S/c19-12-13-4-6-14(7-5-13)15-11-16(17-3-1-10-24-17)23(22-15)18-20-8-2-9-21-18/h1-10,16H,11H2/t16-/m1/s1. The fraction of sp³-hybridized carbons (Fsp3) is 0.111. The molecule has 5 nitrogen and oxygen atoms in total. The maximum atomic E-state index is 8.95. The zero-order valence-electron chi connectivity index (χ0n) is 12.7. The summed E-state index contributed by atoms with van der Waals surface area (Å²) in [5, 5.41) is 17.7. The Balaban J connectivity index is 1.72. The van der Waals surface area contributed by atoms with E-state index in [1.54, 1.807) is 29.8 Å². The molecule has 0 saturated carbocycles. The summed E-state index contributed by atoms with van der Waals surface area (Å²) in [5.41, 5.74) is 2.65. The number of hydrogen-bond donors (Lipinski definition) is 0. The predicted molar refractivity (Wildman–Crippen MR) is 93.9 cm³/mol. The zero-order chi connectivity index (χ0) is 16.4. The van der Waals surface area contributed by atoms with Crippen molar-refractivity contribution in [3.8, 4) is 6.07 Å². The average molecular weight is 331 g/mol. The van der Waals surface area contributed by atoms with E-state index in [0.717, 1.165) is 17.7 Å². The van der Waals surface area contributed by atoms with Crippen LogP contribution in [0.1, 0.15) is 28.5 Å². The van der Waals surface area contributed by atoms with E-state index in [1.807, 2.05) is 35.3 Å². The number of nitrogens with zero attached hydrogens (tertiary/aromatic N) is 5. The van der Waals surface area contributed by atoms with E-state index in [1.165, 1.54) is 4.88 Å². The number of hydrogen-bond acceptors (Lipinski definition) is 6. The van der Waals surface area contributed by atoms with Crippen LogP contribution in [-0.2, 0) is 0 Å². The molecule has 2 aromatic heterocycles. The zero-order valence-corrected chi connectivity index (χ0v) is 13.5. The second kappa shape index (κ2) is 6.22. The fourth-order valence-corrected chi connectivity index (χ4v) is 3.53. The van der Waals surface area contributed by atoms with Gasteiger partial charge in [0.15, 0.2) is 0 Å². The summed E-state index contributed by atoms with van der Waals surface area (Å²) in [6, 6.07) is 15.7. The molecule has 3 aromatic rings. The van der Waals surface area contributed by atoms with Crippen LogP contribution in [0.4, 0.5) is 5.95 Å². The van der Waals surface area contributed by atoms with Crippen LogP contribution in [0.3, 0.4) is 0 Å². The van der Waals surface area contributed by atoms with E-state index in [0.29, 0.717) is 11.5 Å². The molecule has 1 aliphatic rings. The van der Waals surface area contributed by atoms with Crippen LogP contribution in [0.15, 0.2) is 65.3 Å². The summed E-state index contributed by atoms with van der Waals surface area (Å²) in [6.45, 7) is 0. The van der Waals surface area contributed by atoms with E-state index < -0.39 is 0 Å². The highest BCUT2D eigenvalue weighted by molar-refractivity contribution is 7.10. The second-order valence-corrected chi connectivity index (χ2v) is 6.34.